The van der Waals surface area contributed by atoms with Crippen LogP contribution in [0.4, 0.5) is 0 Å². The van der Waals surface area contributed by atoms with Crippen LogP contribution in [0.5, 0.6) is 0 Å². The second-order valence-electron chi connectivity index (χ2n) is 1.89. The van der Waals surface area contributed by atoms with Crippen LogP contribution in [-0.4, -0.2) is 18.7 Å². The molecule has 0 aromatic carbocycles. The Balaban J connectivity index is 2.65. The Kier molecular flexibility index (Phi) is 1.75. The summed E-state index contributed by atoms with van der Waals surface area (Å²) in [5.41, 5.74) is 5.41. The van der Waals surface area contributed by atoms with Crippen LogP contribution in [0.1, 0.15) is 0 Å². The number of nitrogens with two attached hydrogens (primary N) is 1. The molecule has 2 atom stereocenters. The molecule has 2 N–H and O–H groups in total. The number of carbonyl (C=O) groups is 1. The molecule has 0 aliphatic carbocycles. The molecule has 48 valence electrons. The monoisotopic (exact) mass is 124 g/mol. The van der Waals surface area contributed by atoms with E-state index in [4.69, 9.17) is 5.73 Å². The largest absolute Gasteiger partial charge is 0.309 e. The predicted molar refractivity (Wildman–Crippen MR) is 35.2 cm³/mol. The number of nitrogens with zero attached hydrogens (tertiary/aromatic N) is 1. The molecule has 0 radical (unpaired) electrons. The first-order chi connectivity index (χ1) is 4.34. The molecular weight excluding hydrogens is 116 g/mol. The minimum absolute atomic E-state index is 0.227. The van der Waals surface area contributed by atoms with Crippen molar-refractivity contribution in [2.75, 3.05) is 0 Å². The number of rotatable bonds is 1. The quantitative estimate of drug-likeness (QED) is 0.489. The van der Waals surface area contributed by atoms with E-state index in [-0.39, 0.29) is 12.1 Å². The van der Waals surface area contributed by atoms with Gasteiger partial charge in [-0.3, -0.25) is 4.99 Å². The molecule has 0 bridgehead atoms. The number of allylic oxidation sites excluding steroid dienone is 1. The van der Waals surface area contributed by atoms with Gasteiger partial charge in [-0.1, -0.05) is 6.08 Å². The fourth-order valence-corrected chi connectivity index (χ4v) is 0.666. The van der Waals surface area contributed by atoms with Crippen LogP contribution >= 0.6 is 0 Å². The van der Waals surface area contributed by atoms with Gasteiger partial charge in [0.05, 0.1) is 5.92 Å². The number of hydrogen-bond acceptors (Lipinski definition) is 3. The summed E-state index contributed by atoms with van der Waals surface area (Å²) in [6, 6.07) is 0. The van der Waals surface area contributed by atoms with Crippen LogP contribution in [0.25, 0.3) is 0 Å². The van der Waals surface area contributed by atoms with E-state index in [9.17, 15) is 4.79 Å². The van der Waals surface area contributed by atoms with Crippen LogP contribution in [0.3, 0.4) is 0 Å². The van der Waals surface area contributed by atoms with E-state index in [2.05, 4.69) is 4.99 Å². The summed E-state index contributed by atoms with van der Waals surface area (Å²) in [6.45, 7) is 0. The van der Waals surface area contributed by atoms with Gasteiger partial charge in [0, 0.05) is 6.21 Å². The first-order valence-corrected chi connectivity index (χ1v) is 2.75. The van der Waals surface area contributed by atoms with Crippen molar-refractivity contribution in [2.24, 2.45) is 16.6 Å². The molecule has 0 saturated carbocycles. The van der Waals surface area contributed by atoms with Gasteiger partial charge in [-0.25, -0.2) is 0 Å². The minimum atomic E-state index is -0.368. The molecule has 1 aliphatic rings. The minimum Gasteiger partial charge on any atom is -0.309 e. The maximum Gasteiger partial charge on any atom is 0.130 e. The van der Waals surface area contributed by atoms with Crippen molar-refractivity contribution in [3.05, 3.63) is 12.2 Å². The van der Waals surface area contributed by atoms with Crippen LogP contribution in [0.2, 0.25) is 0 Å². The number of dihydropyridines is 1. The van der Waals surface area contributed by atoms with Gasteiger partial charge < -0.3 is 10.5 Å². The fourth-order valence-electron chi connectivity index (χ4n) is 0.666. The fraction of sp³-hybridized carbons (Fsp3) is 0.333. The molecule has 1 rings (SSSR count). The molecule has 0 spiro atoms. The lowest BCUT2D eigenvalue weighted by Crippen LogP contribution is -2.29. The van der Waals surface area contributed by atoms with Gasteiger partial charge in [-0.05, 0) is 6.08 Å². The highest BCUT2D eigenvalue weighted by molar-refractivity contribution is 5.75. The summed E-state index contributed by atoms with van der Waals surface area (Å²) in [5.74, 6) is -0.227. The molecule has 0 fully saturated rings. The molecule has 0 amide bonds. The lowest BCUT2D eigenvalue weighted by molar-refractivity contribution is -0.110. The SMILES string of the molecule is NC1N=CC=CC1C=O. The Labute approximate surface area is 53.3 Å². The van der Waals surface area contributed by atoms with Gasteiger partial charge >= 0.3 is 0 Å². The molecule has 1 heterocycles. The predicted octanol–water partition coefficient (Wildman–Crippen LogP) is -0.273. The molecule has 0 aromatic heterocycles. The number of aliphatic imine (C=N–C) groups is 1. The van der Waals surface area contributed by atoms with Crippen LogP contribution < -0.4 is 5.73 Å². The second-order valence-corrected chi connectivity index (χ2v) is 1.89. The molecule has 0 aromatic rings. The van der Waals surface area contributed by atoms with E-state index in [0.717, 1.165) is 6.29 Å². The molecule has 2 unspecified atom stereocenters. The summed E-state index contributed by atoms with van der Waals surface area (Å²) >= 11 is 0. The third-order valence-electron chi connectivity index (χ3n) is 1.23. The van der Waals surface area contributed by atoms with E-state index in [1.54, 1.807) is 18.4 Å². The Morgan fingerprint density at radius 2 is 2.44 bits per heavy atom. The van der Waals surface area contributed by atoms with Gasteiger partial charge in [0.2, 0.25) is 0 Å². The third kappa shape index (κ3) is 1.23. The molecule has 3 nitrogen and oxygen atoms in total. The normalized spacial score (nSPS) is 32.6. The zero-order valence-corrected chi connectivity index (χ0v) is 4.90. The van der Waals surface area contributed by atoms with E-state index in [0.29, 0.717) is 0 Å². The van der Waals surface area contributed by atoms with Crippen molar-refractivity contribution in [1.82, 2.24) is 0 Å². The highest BCUT2D eigenvalue weighted by Crippen LogP contribution is 2.04. The van der Waals surface area contributed by atoms with Gasteiger partial charge in [-0.2, -0.15) is 0 Å². The first kappa shape index (κ1) is 6.16. The summed E-state index contributed by atoms with van der Waals surface area (Å²) in [4.78, 5) is 14.0. The highest BCUT2D eigenvalue weighted by atomic mass is 16.1. The van der Waals surface area contributed by atoms with Crippen LogP contribution in [-0.2, 0) is 4.79 Å². The van der Waals surface area contributed by atoms with E-state index >= 15 is 0 Å². The van der Waals surface area contributed by atoms with Crippen molar-refractivity contribution in [3.8, 4) is 0 Å². The third-order valence-corrected chi connectivity index (χ3v) is 1.23. The Morgan fingerprint density at radius 1 is 1.67 bits per heavy atom. The smallest absolute Gasteiger partial charge is 0.130 e. The summed E-state index contributed by atoms with van der Waals surface area (Å²) < 4.78 is 0. The number of carbonyl (C=O) groups excluding carboxylic acids is 1. The van der Waals surface area contributed by atoms with Gasteiger partial charge in [-0.15, -0.1) is 0 Å². The van der Waals surface area contributed by atoms with Crippen molar-refractivity contribution in [2.45, 2.75) is 6.17 Å². The second kappa shape index (κ2) is 2.55. The zero-order valence-electron chi connectivity index (χ0n) is 4.90. The average Bonchev–Trinajstić information content (AvgIpc) is 1.89. The van der Waals surface area contributed by atoms with Crippen LogP contribution in [0.15, 0.2) is 17.1 Å². The molecule has 1 aliphatic heterocycles. The standard InChI is InChI=1S/C6H8N2O/c7-6-5(4-9)2-1-3-8-6/h1-6H,7H2. The maximum atomic E-state index is 10.2. The van der Waals surface area contributed by atoms with Crippen molar-refractivity contribution < 1.29 is 4.79 Å². The lowest BCUT2D eigenvalue weighted by Gasteiger charge is -2.11. The van der Waals surface area contributed by atoms with Gasteiger partial charge in [0.1, 0.15) is 12.5 Å². The zero-order chi connectivity index (χ0) is 6.69. The average molecular weight is 124 g/mol. The maximum absolute atomic E-state index is 10.2. The summed E-state index contributed by atoms with van der Waals surface area (Å²) in [6.07, 6.45) is 5.50. The van der Waals surface area contributed by atoms with Crippen molar-refractivity contribution in [1.29, 1.82) is 0 Å². The Morgan fingerprint density at radius 3 is 2.89 bits per heavy atom. The molecular formula is C6H8N2O. The first-order valence-electron chi connectivity index (χ1n) is 2.75. The molecule has 9 heavy (non-hydrogen) atoms. The summed E-state index contributed by atoms with van der Waals surface area (Å²) in [5, 5.41) is 0. The number of hydrogen-bond donors (Lipinski definition) is 1. The van der Waals surface area contributed by atoms with Crippen LogP contribution in [0, 0.1) is 5.92 Å². The van der Waals surface area contributed by atoms with Gasteiger partial charge in [0.15, 0.2) is 0 Å². The van der Waals surface area contributed by atoms with E-state index in [1.165, 1.54) is 0 Å². The number of aldehydes is 1. The highest BCUT2D eigenvalue weighted by Gasteiger charge is 2.12. The Hall–Kier alpha value is -0.960. The van der Waals surface area contributed by atoms with E-state index < -0.39 is 0 Å². The van der Waals surface area contributed by atoms with E-state index in [1.807, 2.05) is 0 Å². The molecule has 3 heteroatoms. The molecule has 0 saturated heterocycles. The lowest BCUT2D eigenvalue weighted by atomic mass is 10.1. The van der Waals surface area contributed by atoms with Gasteiger partial charge in [0.25, 0.3) is 0 Å². The summed E-state index contributed by atoms with van der Waals surface area (Å²) in [7, 11) is 0. The topological polar surface area (TPSA) is 55.4 Å². The van der Waals surface area contributed by atoms with Crippen molar-refractivity contribution in [3.63, 3.8) is 0 Å². The Bertz CT molecular complexity index is 162. The van der Waals surface area contributed by atoms with Crippen molar-refractivity contribution >= 4 is 12.5 Å².